The fourth-order valence-electron chi connectivity index (χ4n) is 2.92. The Morgan fingerprint density at radius 3 is 1.06 bits per heavy atom. The van der Waals surface area contributed by atoms with Gasteiger partial charge in [-0.1, -0.05) is 0 Å². The van der Waals surface area contributed by atoms with Crippen molar-refractivity contribution < 1.29 is 37.3 Å². The maximum atomic E-state index is 10.5. The van der Waals surface area contributed by atoms with Gasteiger partial charge in [-0.05, 0) is 93.6 Å². The lowest BCUT2D eigenvalue weighted by Gasteiger charge is -2.11. The maximum absolute atomic E-state index is 10.5. The number of ether oxygens (including phenoxy) is 3. The molecule has 0 aliphatic rings. The number of carbonyl (C=O) groups is 1. The molecule has 0 fully saturated rings. The largest absolute Gasteiger partial charge is 0.542 e. The molecule has 0 amide bonds. The summed E-state index contributed by atoms with van der Waals surface area (Å²) in [5, 5.41) is 8.78. The highest BCUT2D eigenvalue weighted by molar-refractivity contribution is 7.97. The van der Waals surface area contributed by atoms with E-state index < -0.39 is 12.1 Å². The summed E-state index contributed by atoms with van der Waals surface area (Å²) in [6.45, 7) is 8.00. The predicted octanol–water partition coefficient (Wildman–Crippen LogP) is 5.28. The van der Waals surface area contributed by atoms with E-state index in [0.29, 0.717) is 19.8 Å². The van der Waals surface area contributed by atoms with E-state index in [1.807, 2.05) is 57.2 Å². The minimum absolute atomic E-state index is 0.218. The Labute approximate surface area is 205 Å². The first-order chi connectivity index (χ1) is 16.7. The van der Waals surface area contributed by atoms with Crippen LogP contribution in [0.1, 0.15) is 20.8 Å². The molecule has 188 valence electrons. The molecule has 0 unspecified atom stereocenters. The summed E-state index contributed by atoms with van der Waals surface area (Å²) in [5.74, 6) is -0.318. The van der Waals surface area contributed by atoms with Crippen LogP contribution in [0.5, 0.6) is 17.2 Å². The second-order valence-corrected chi connectivity index (χ2v) is 8.83. The summed E-state index contributed by atoms with van der Waals surface area (Å²) in [7, 11) is -0.218. The van der Waals surface area contributed by atoms with Gasteiger partial charge in [-0.15, -0.1) is 0 Å². The molecule has 0 radical (unpaired) electrons. The molecule has 0 aromatic heterocycles. The first-order valence-corrected chi connectivity index (χ1v) is 12.1. The van der Waals surface area contributed by atoms with Crippen LogP contribution in [0, 0.1) is 0 Å². The molecule has 0 aliphatic heterocycles. The van der Waals surface area contributed by atoms with E-state index in [1.165, 1.54) is 14.7 Å². The number of carboxylic acids is 1. The first kappa shape index (κ1) is 27.9. The lowest BCUT2D eigenvalue weighted by Crippen LogP contribution is -2.37. The molecule has 9 heteroatoms. The standard InChI is InChI=1S/C24H27O3S.C2HF3O2/c1-4-25-19-7-13-22(14-8-19)28(23-15-9-20(10-16-23)26-5-2)24-17-11-21(12-18-24)27-6-3;3-2(4,5)1(6)7/h7-18H,4-6H2,1-3H3;(H,6,7)/q+1;/p-1. The van der Waals surface area contributed by atoms with Crippen molar-refractivity contribution in [3.63, 3.8) is 0 Å². The van der Waals surface area contributed by atoms with Gasteiger partial charge in [-0.25, -0.2) is 0 Å². The summed E-state index contributed by atoms with van der Waals surface area (Å²) in [5.41, 5.74) is 0. The summed E-state index contributed by atoms with van der Waals surface area (Å²) in [4.78, 5) is 12.5. The van der Waals surface area contributed by atoms with Gasteiger partial charge in [-0.2, -0.15) is 13.2 Å². The first-order valence-electron chi connectivity index (χ1n) is 10.9. The van der Waals surface area contributed by atoms with Crippen molar-refractivity contribution in [2.24, 2.45) is 0 Å². The van der Waals surface area contributed by atoms with Gasteiger partial charge < -0.3 is 24.1 Å². The van der Waals surface area contributed by atoms with Gasteiger partial charge in [0.2, 0.25) is 0 Å². The van der Waals surface area contributed by atoms with Crippen LogP contribution in [0.3, 0.4) is 0 Å². The highest BCUT2D eigenvalue weighted by Crippen LogP contribution is 2.34. The predicted molar refractivity (Wildman–Crippen MR) is 126 cm³/mol. The molecule has 0 saturated heterocycles. The van der Waals surface area contributed by atoms with Gasteiger partial charge >= 0.3 is 6.18 Å². The average molecular weight is 509 g/mol. The van der Waals surface area contributed by atoms with Crippen molar-refractivity contribution in [1.82, 2.24) is 0 Å². The summed E-state index contributed by atoms with van der Waals surface area (Å²) in [6, 6.07) is 25.2. The van der Waals surface area contributed by atoms with Crippen molar-refractivity contribution in [3.8, 4) is 17.2 Å². The van der Waals surface area contributed by atoms with Gasteiger partial charge in [0.1, 0.15) is 23.2 Å². The Morgan fingerprint density at radius 1 is 0.657 bits per heavy atom. The molecule has 0 bridgehead atoms. The number of hydrogen-bond donors (Lipinski definition) is 0. The van der Waals surface area contributed by atoms with Crippen LogP contribution in [0.2, 0.25) is 0 Å². The molecule has 3 aromatic carbocycles. The van der Waals surface area contributed by atoms with Gasteiger partial charge in [0.05, 0.1) is 30.7 Å². The molecule has 0 aliphatic carbocycles. The molecular formula is C26H27F3O5S. The van der Waals surface area contributed by atoms with Crippen LogP contribution in [0.25, 0.3) is 0 Å². The van der Waals surface area contributed by atoms with Crippen molar-refractivity contribution >= 4 is 16.9 Å². The smallest absolute Gasteiger partial charge is 0.430 e. The SMILES string of the molecule is CCOc1ccc([S+](c2ccc(OCC)cc2)c2ccc(OCC)cc2)cc1.O=C([O-])C(F)(F)F. The molecule has 5 nitrogen and oxygen atoms in total. The van der Waals surface area contributed by atoms with Crippen LogP contribution < -0.4 is 19.3 Å². The van der Waals surface area contributed by atoms with E-state index in [-0.39, 0.29) is 10.9 Å². The lowest BCUT2D eigenvalue weighted by molar-refractivity contribution is -0.344. The van der Waals surface area contributed by atoms with Gasteiger partial charge in [-0.3, -0.25) is 0 Å². The molecule has 3 aromatic rings. The number of alkyl halides is 3. The fourth-order valence-corrected chi connectivity index (χ4v) is 4.97. The van der Waals surface area contributed by atoms with E-state index in [1.54, 1.807) is 0 Å². The third-order valence-electron chi connectivity index (χ3n) is 4.34. The number of carboxylic acid groups (broad SMARTS) is 1. The normalized spacial score (nSPS) is 10.8. The fraction of sp³-hybridized carbons (Fsp3) is 0.269. The number of aliphatic carboxylic acids is 1. The third kappa shape index (κ3) is 8.75. The van der Waals surface area contributed by atoms with E-state index >= 15 is 0 Å². The molecule has 0 heterocycles. The monoisotopic (exact) mass is 508 g/mol. The maximum Gasteiger partial charge on any atom is 0.430 e. The Hall–Kier alpha value is -3.33. The van der Waals surface area contributed by atoms with Crippen LogP contribution >= 0.6 is 0 Å². The molecule has 0 spiro atoms. The highest BCUT2D eigenvalue weighted by atomic mass is 32.2. The molecule has 0 N–H and O–H groups in total. The van der Waals surface area contributed by atoms with Crippen molar-refractivity contribution in [3.05, 3.63) is 72.8 Å². The van der Waals surface area contributed by atoms with Crippen LogP contribution in [0.4, 0.5) is 13.2 Å². The Kier molecular flexibility index (Phi) is 10.8. The summed E-state index contributed by atoms with van der Waals surface area (Å²) < 4.78 is 48.4. The van der Waals surface area contributed by atoms with E-state index in [2.05, 4.69) is 36.4 Å². The third-order valence-corrected chi connectivity index (χ3v) is 6.57. The zero-order valence-corrected chi connectivity index (χ0v) is 20.4. The van der Waals surface area contributed by atoms with E-state index in [0.717, 1.165) is 17.2 Å². The molecular weight excluding hydrogens is 481 g/mol. The average Bonchev–Trinajstić information content (AvgIpc) is 2.83. The van der Waals surface area contributed by atoms with Crippen molar-refractivity contribution in [2.45, 2.75) is 41.6 Å². The molecule has 0 atom stereocenters. The second-order valence-electron chi connectivity index (χ2n) is 6.80. The van der Waals surface area contributed by atoms with Gasteiger partial charge in [0.25, 0.3) is 0 Å². The minimum atomic E-state index is -5.19. The van der Waals surface area contributed by atoms with Crippen molar-refractivity contribution in [2.75, 3.05) is 19.8 Å². The van der Waals surface area contributed by atoms with Gasteiger partial charge in [0.15, 0.2) is 14.7 Å². The minimum Gasteiger partial charge on any atom is -0.542 e. The highest BCUT2D eigenvalue weighted by Gasteiger charge is 2.29. The van der Waals surface area contributed by atoms with Crippen LogP contribution in [-0.2, 0) is 15.7 Å². The summed E-state index contributed by atoms with van der Waals surface area (Å²) >= 11 is 0. The Bertz CT molecular complexity index is 919. The zero-order valence-electron chi connectivity index (χ0n) is 19.6. The van der Waals surface area contributed by atoms with E-state index in [9.17, 15) is 13.2 Å². The number of halogens is 3. The lowest BCUT2D eigenvalue weighted by atomic mass is 10.3. The summed E-state index contributed by atoms with van der Waals surface area (Å²) in [6.07, 6.45) is -5.19. The topological polar surface area (TPSA) is 67.8 Å². The zero-order chi connectivity index (χ0) is 25.8. The van der Waals surface area contributed by atoms with E-state index in [4.69, 9.17) is 24.1 Å². The number of carbonyl (C=O) groups excluding carboxylic acids is 1. The van der Waals surface area contributed by atoms with Crippen molar-refractivity contribution in [1.29, 1.82) is 0 Å². The van der Waals surface area contributed by atoms with Crippen LogP contribution in [-0.4, -0.2) is 32.0 Å². The Balaban J connectivity index is 0.000000540. The second kappa shape index (κ2) is 13.5. The number of hydrogen-bond acceptors (Lipinski definition) is 5. The van der Waals surface area contributed by atoms with Crippen LogP contribution in [0.15, 0.2) is 87.5 Å². The molecule has 0 saturated carbocycles. The quantitative estimate of drug-likeness (QED) is 0.368. The molecule has 35 heavy (non-hydrogen) atoms. The number of rotatable bonds is 9. The molecule has 3 rings (SSSR count). The number of benzene rings is 3. The van der Waals surface area contributed by atoms with Gasteiger partial charge in [0, 0.05) is 0 Å². The Morgan fingerprint density at radius 2 is 0.886 bits per heavy atom.